The van der Waals surface area contributed by atoms with E-state index in [-0.39, 0.29) is 0 Å². The maximum absolute atomic E-state index is 12.1. The minimum Gasteiger partial charge on any atom is -0.369 e. The van der Waals surface area contributed by atoms with E-state index in [1.54, 1.807) is 18.6 Å². The van der Waals surface area contributed by atoms with Crippen molar-refractivity contribution in [3.8, 4) is 5.82 Å². The quantitative estimate of drug-likeness (QED) is 0.452. The lowest BCUT2D eigenvalue weighted by Gasteiger charge is -2.34. The molecule has 182 valence electrons. The van der Waals surface area contributed by atoms with Gasteiger partial charge in [-0.15, -0.1) is 0 Å². The van der Waals surface area contributed by atoms with Crippen molar-refractivity contribution >= 4 is 43.9 Å². The van der Waals surface area contributed by atoms with E-state index in [9.17, 15) is 4.21 Å². The molecule has 5 rings (SSSR count). The summed E-state index contributed by atoms with van der Waals surface area (Å²) < 4.78 is 18.3. The first-order valence-corrected chi connectivity index (χ1v) is 13.9. The number of rotatable bonds is 5. The number of nitrogens with zero attached hydrogens (tertiary/aromatic N) is 7. The summed E-state index contributed by atoms with van der Waals surface area (Å²) in [6.07, 6.45) is 5.01. The van der Waals surface area contributed by atoms with Crippen molar-refractivity contribution in [1.82, 2.24) is 24.4 Å². The Morgan fingerprint density at radius 2 is 1.74 bits per heavy atom. The zero-order chi connectivity index (χ0) is 24.6. The van der Waals surface area contributed by atoms with Crippen LogP contribution in [0.5, 0.6) is 0 Å². The molecule has 4 heterocycles. The number of aromatic nitrogens is 4. The second-order valence-electron chi connectivity index (χ2n) is 9.18. The largest absolute Gasteiger partial charge is 0.369 e. The normalized spacial score (nSPS) is 14.9. The molecule has 10 heteroatoms. The number of likely N-dealkylation sites (N-methyl/N-ethyl adjacent to an activating group) is 1. The van der Waals surface area contributed by atoms with E-state index < -0.39 is 9.73 Å². The monoisotopic (exact) mass is 490 g/mol. The van der Waals surface area contributed by atoms with Crippen LogP contribution in [0.1, 0.15) is 5.69 Å². The molecule has 0 spiro atoms. The zero-order valence-corrected chi connectivity index (χ0v) is 21.3. The fourth-order valence-corrected chi connectivity index (χ4v) is 4.78. The Bertz CT molecular complexity index is 1470. The Morgan fingerprint density at radius 1 is 1.00 bits per heavy atom. The molecule has 0 unspecified atom stereocenters. The van der Waals surface area contributed by atoms with Gasteiger partial charge in [0.1, 0.15) is 5.82 Å². The first kappa shape index (κ1) is 23.3. The van der Waals surface area contributed by atoms with Gasteiger partial charge in [0.15, 0.2) is 11.5 Å². The van der Waals surface area contributed by atoms with Crippen LogP contribution in [0.25, 0.3) is 16.9 Å². The second kappa shape index (κ2) is 9.27. The molecule has 1 aromatic carbocycles. The second-order valence-corrected chi connectivity index (χ2v) is 11.7. The van der Waals surface area contributed by atoms with Crippen LogP contribution >= 0.6 is 0 Å². The molecule has 0 aliphatic carbocycles. The Hall–Kier alpha value is -3.50. The molecule has 4 aromatic rings. The number of anilines is 3. The van der Waals surface area contributed by atoms with Crippen LogP contribution in [0, 0.1) is 6.92 Å². The number of benzene rings is 1. The summed E-state index contributed by atoms with van der Waals surface area (Å²) in [4.78, 5) is 18.7. The lowest BCUT2D eigenvalue weighted by Crippen LogP contribution is -2.44. The molecule has 3 aromatic heterocycles. The van der Waals surface area contributed by atoms with Gasteiger partial charge < -0.3 is 15.1 Å². The standard InChI is InChI=1S/C25H30N8OS/c1-18-16-19-17-26-25(27-20-8-10-21(11-9-20)32-14-12-31(2)13-15-32)29-24(19)33(18)23-7-5-6-22(28-23)30-35(3,4)34/h5-11,16-17H,12-15H2,1-4H3,(H,26,27,29). The van der Waals surface area contributed by atoms with Gasteiger partial charge in [-0.1, -0.05) is 6.07 Å². The summed E-state index contributed by atoms with van der Waals surface area (Å²) >= 11 is 0. The van der Waals surface area contributed by atoms with Crippen LogP contribution in [0.4, 0.5) is 23.1 Å². The molecule has 0 bridgehead atoms. The molecule has 1 fully saturated rings. The third kappa shape index (κ3) is 5.28. The van der Waals surface area contributed by atoms with E-state index in [0.717, 1.165) is 48.6 Å². The van der Waals surface area contributed by atoms with Crippen molar-refractivity contribution in [1.29, 1.82) is 0 Å². The van der Waals surface area contributed by atoms with Crippen molar-refractivity contribution in [3.63, 3.8) is 0 Å². The summed E-state index contributed by atoms with van der Waals surface area (Å²) in [6.45, 7) is 6.23. The van der Waals surface area contributed by atoms with Gasteiger partial charge in [-0.05, 0) is 56.4 Å². The Balaban J connectivity index is 1.42. The molecule has 0 atom stereocenters. The summed E-state index contributed by atoms with van der Waals surface area (Å²) in [5.74, 6) is 1.62. The highest BCUT2D eigenvalue weighted by molar-refractivity contribution is 7.92. The fourth-order valence-electron chi connectivity index (χ4n) is 4.23. The average molecular weight is 491 g/mol. The van der Waals surface area contributed by atoms with Crippen LogP contribution < -0.4 is 10.2 Å². The molecule has 0 saturated carbocycles. The smallest absolute Gasteiger partial charge is 0.229 e. The number of nitrogens with one attached hydrogen (secondary N) is 1. The van der Waals surface area contributed by atoms with Crippen molar-refractivity contribution < 1.29 is 4.21 Å². The predicted molar refractivity (Wildman–Crippen MR) is 143 cm³/mol. The number of piperazine rings is 1. The lowest BCUT2D eigenvalue weighted by molar-refractivity contribution is 0.313. The molecule has 1 aliphatic heterocycles. The van der Waals surface area contributed by atoms with Crippen molar-refractivity contribution in [2.24, 2.45) is 4.36 Å². The number of hydrogen-bond donors (Lipinski definition) is 1. The van der Waals surface area contributed by atoms with Crippen LogP contribution in [0.3, 0.4) is 0 Å². The van der Waals surface area contributed by atoms with Gasteiger partial charge in [0.05, 0.1) is 0 Å². The Labute approximate surface area is 206 Å². The zero-order valence-electron chi connectivity index (χ0n) is 20.5. The third-order valence-electron chi connectivity index (χ3n) is 5.98. The molecule has 1 N–H and O–H groups in total. The van der Waals surface area contributed by atoms with Crippen LogP contribution in [0.15, 0.2) is 59.1 Å². The molecular formula is C25H30N8OS. The number of aryl methyl sites for hydroxylation is 1. The Morgan fingerprint density at radius 3 is 2.46 bits per heavy atom. The number of hydrogen-bond acceptors (Lipinski definition) is 8. The minimum absolute atomic E-state index is 0.437. The highest BCUT2D eigenvalue weighted by atomic mass is 32.2. The summed E-state index contributed by atoms with van der Waals surface area (Å²) in [5.41, 5.74) is 3.87. The first-order valence-electron chi connectivity index (χ1n) is 11.6. The van der Waals surface area contributed by atoms with E-state index in [2.05, 4.69) is 60.8 Å². The summed E-state index contributed by atoms with van der Waals surface area (Å²) in [5, 5.41) is 4.24. The van der Waals surface area contributed by atoms with Crippen LogP contribution in [-0.4, -0.2) is 74.4 Å². The van der Waals surface area contributed by atoms with E-state index in [1.807, 2.05) is 35.9 Å². The van der Waals surface area contributed by atoms with Crippen molar-refractivity contribution in [3.05, 3.63) is 60.4 Å². The molecule has 35 heavy (non-hydrogen) atoms. The van der Waals surface area contributed by atoms with E-state index in [0.29, 0.717) is 17.6 Å². The predicted octanol–water partition coefficient (Wildman–Crippen LogP) is 3.98. The molecular weight excluding hydrogens is 460 g/mol. The molecule has 1 saturated heterocycles. The molecule has 0 radical (unpaired) electrons. The van der Waals surface area contributed by atoms with Gasteiger partial charge >= 0.3 is 0 Å². The van der Waals surface area contributed by atoms with E-state index in [4.69, 9.17) is 4.98 Å². The fraction of sp³-hybridized carbons (Fsp3) is 0.320. The highest BCUT2D eigenvalue weighted by Gasteiger charge is 2.15. The number of fused-ring (bicyclic) bond motifs is 1. The van der Waals surface area contributed by atoms with Gasteiger partial charge in [-0.3, -0.25) is 4.57 Å². The Kier molecular flexibility index (Phi) is 6.16. The van der Waals surface area contributed by atoms with Gasteiger partial charge in [-0.2, -0.15) is 9.35 Å². The first-order chi connectivity index (χ1) is 16.7. The van der Waals surface area contributed by atoms with Crippen molar-refractivity contribution in [2.75, 3.05) is 56.0 Å². The third-order valence-corrected chi connectivity index (χ3v) is 6.61. The van der Waals surface area contributed by atoms with Crippen molar-refractivity contribution in [2.45, 2.75) is 6.92 Å². The SMILES string of the molecule is Cc1cc2cnc(Nc3ccc(N4CCN(C)CC4)cc3)nc2n1-c1cccc(N=S(C)(C)=O)n1. The topological polar surface area (TPSA) is 91.5 Å². The minimum atomic E-state index is -2.31. The van der Waals surface area contributed by atoms with Gasteiger partial charge in [0, 0.05) is 77.1 Å². The van der Waals surface area contributed by atoms with E-state index in [1.165, 1.54) is 5.69 Å². The summed E-state index contributed by atoms with van der Waals surface area (Å²) in [7, 11) is -0.145. The number of pyridine rings is 1. The summed E-state index contributed by atoms with van der Waals surface area (Å²) in [6, 6.07) is 15.9. The molecule has 0 amide bonds. The van der Waals surface area contributed by atoms with Gasteiger partial charge in [0.2, 0.25) is 5.95 Å². The van der Waals surface area contributed by atoms with Gasteiger partial charge in [0.25, 0.3) is 0 Å². The van der Waals surface area contributed by atoms with Crippen LogP contribution in [-0.2, 0) is 9.73 Å². The maximum Gasteiger partial charge on any atom is 0.229 e. The molecule has 9 nitrogen and oxygen atoms in total. The van der Waals surface area contributed by atoms with Gasteiger partial charge in [-0.25, -0.2) is 14.2 Å². The molecule has 1 aliphatic rings. The van der Waals surface area contributed by atoms with E-state index >= 15 is 0 Å². The lowest BCUT2D eigenvalue weighted by atomic mass is 10.2. The average Bonchev–Trinajstić information content (AvgIpc) is 3.14. The maximum atomic E-state index is 12.1. The highest BCUT2D eigenvalue weighted by Crippen LogP contribution is 2.25. The van der Waals surface area contributed by atoms with Crippen LogP contribution in [0.2, 0.25) is 0 Å².